The predicted octanol–water partition coefficient (Wildman–Crippen LogP) is 4.23. The average Bonchev–Trinajstić information content (AvgIpc) is 2.90. The van der Waals surface area contributed by atoms with Crippen LogP contribution in [0.25, 0.3) is 6.08 Å². The number of hydrogen-bond acceptors (Lipinski definition) is 0. The zero-order valence-electron chi connectivity index (χ0n) is 9.15. The van der Waals surface area contributed by atoms with Gasteiger partial charge in [-0.15, -0.1) is 0 Å². The Kier molecular flexibility index (Phi) is 2.16. The fourth-order valence-electron chi connectivity index (χ4n) is 3.66. The van der Waals surface area contributed by atoms with Gasteiger partial charge in [-0.05, 0) is 48.1 Å². The van der Waals surface area contributed by atoms with Crippen LogP contribution < -0.4 is 0 Å². The lowest BCUT2D eigenvalue weighted by molar-refractivity contribution is 0.419. The topological polar surface area (TPSA) is 0 Å². The van der Waals surface area contributed by atoms with Crippen LogP contribution in [-0.2, 0) is 0 Å². The molecule has 1 aromatic carbocycles. The quantitative estimate of drug-likeness (QED) is 0.667. The molecule has 3 atom stereocenters. The zero-order chi connectivity index (χ0) is 10.3. The highest BCUT2D eigenvalue weighted by molar-refractivity contribution is 5.53. The van der Waals surface area contributed by atoms with Crippen molar-refractivity contribution in [1.82, 2.24) is 0 Å². The highest BCUT2D eigenvalue weighted by Crippen LogP contribution is 2.53. The first-order valence-electron chi connectivity index (χ1n) is 6.10. The van der Waals surface area contributed by atoms with E-state index in [1.54, 1.807) is 5.56 Å². The van der Waals surface area contributed by atoms with E-state index in [0.29, 0.717) is 0 Å². The Bertz CT molecular complexity index is 377. The zero-order valence-corrected chi connectivity index (χ0v) is 9.15. The Morgan fingerprint density at radius 1 is 1.13 bits per heavy atom. The highest BCUT2D eigenvalue weighted by atomic mass is 14.4. The fourth-order valence-corrected chi connectivity index (χ4v) is 3.66. The van der Waals surface area contributed by atoms with E-state index in [2.05, 4.69) is 30.8 Å². The molecular formula is C15H18. The summed E-state index contributed by atoms with van der Waals surface area (Å²) < 4.78 is 0. The molecule has 0 saturated heterocycles. The summed E-state index contributed by atoms with van der Waals surface area (Å²) in [6.07, 6.45) is 7.87. The molecule has 1 aromatic rings. The first-order valence-corrected chi connectivity index (χ1v) is 6.10. The maximum absolute atomic E-state index is 3.93. The molecule has 2 aliphatic carbocycles. The van der Waals surface area contributed by atoms with Crippen molar-refractivity contribution in [2.45, 2.75) is 31.6 Å². The standard InChI is InChI=1S/C15H18/c1-2-12-5-3-4-6-14(12)15-10-11-7-8-13(15)9-11/h2-6,11,13,15H,1,7-10H2. The molecule has 2 saturated carbocycles. The lowest BCUT2D eigenvalue weighted by Crippen LogP contribution is -2.09. The molecule has 15 heavy (non-hydrogen) atoms. The van der Waals surface area contributed by atoms with Crippen molar-refractivity contribution in [3.8, 4) is 0 Å². The predicted molar refractivity (Wildman–Crippen MR) is 64.7 cm³/mol. The third kappa shape index (κ3) is 1.43. The van der Waals surface area contributed by atoms with E-state index in [9.17, 15) is 0 Å². The third-order valence-electron chi connectivity index (χ3n) is 4.35. The van der Waals surface area contributed by atoms with Crippen molar-refractivity contribution in [2.24, 2.45) is 11.8 Å². The summed E-state index contributed by atoms with van der Waals surface area (Å²) in [5, 5.41) is 0. The van der Waals surface area contributed by atoms with Gasteiger partial charge in [0.25, 0.3) is 0 Å². The summed E-state index contributed by atoms with van der Waals surface area (Å²) in [7, 11) is 0. The smallest absolute Gasteiger partial charge is 0.0125 e. The van der Waals surface area contributed by atoms with Crippen molar-refractivity contribution < 1.29 is 0 Å². The Balaban J connectivity index is 1.96. The molecule has 0 aliphatic heterocycles. The van der Waals surface area contributed by atoms with Crippen molar-refractivity contribution in [1.29, 1.82) is 0 Å². The second kappa shape index (κ2) is 3.52. The van der Waals surface area contributed by atoms with Crippen LogP contribution in [0, 0.1) is 11.8 Å². The third-order valence-corrected chi connectivity index (χ3v) is 4.35. The largest absolute Gasteiger partial charge is 0.0985 e. The maximum atomic E-state index is 3.93. The van der Waals surface area contributed by atoms with Gasteiger partial charge in [-0.1, -0.05) is 43.3 Å². The van der Waals surface area contributed by atoms with Gasteiger partial charge in [-0.3, -0.25) is 0 Å². The molecule has 0 heteroatoms. The molecule has 0 N–H and O–H groups in total. The summed E-state index contributed by atoms with van der Waals surface area (Å²) in [6, 6.07) is 8.80. The average molecular weight is 198 g/mol. The summed E-state index contributed by atoms with van der Waals surface area (Å²) in [4.78, 5) is 0. The van der Waals surface area contributed by atoms with Gasteiger partial charge < -0.3 is 0 Å². The van der Waals surface area contributed by atoms with E-state index in [-0.39, 0.29) is 0 Å². The Morgan fingerprint density at radius 2 is 2.00 bits per heavy atom. The minimum Gasteiger partial charge on any atom is -0.0985 e. The Morgan fingerprint density at radius 3 is 2.67 bits per heavy atom. The molecule has 2 bridgehead atoms. The summed E-state index contributed by atoms with van der Waals surface area (Å²) in [5.74, 6) is 2.83. The second-order valence-electron chi connectivity index (χ2n) is 5.11. The first-order chi connectivity index (χ1) is 7.38. The van der Waals surface area contributed by atoms with Gasteiger partial charge in [0.05, 0.1) is 0 Å². The number of fused-ring (bicyclic) bond motifs is 2. The van der Waals surface area contributed by atoms with Crippen LogP contribution in [0.15, 0.2) is 30.8 Å². The van der Waals surface area contributed by atoms with Gasteiger partial charge in [0.2, 0.25) is 0 Å². The summed E-state index contributed by atoms with van der Waals surface area (Å²) in [6.45, 7) is 3.93. The normalized spacial score (nSPS) is 33.2. The van der Waals surface area contributed by atoms with Crippen LogP contribution in [0.4, 0.5) is 0 Å². The van der Waals surface area contributed by atoms with Crippen molar-refractivity contribution >= 4 is 6.08 Å². The molecule has 0 amide bonds. The Hall–Kier alpha value is -1.04. The fraction of sp³-hybridized carbons (Fsp3) is 0.467. The molecule has 0 aromatic heterocycles. The number of benzene rings is 1. The van der Waals surface area contributed by atoms with Crippen molar-refractivity contribution in [3.05, 3.63) is 42.0 Å². The number of hydrogen-bond donors (Lipinski definition) is 0. The Labute approximate surface area is 92.0 Å². The van der Waals surface area contributed by atoms with Crippen LogP contribution >= 0.6 is 0 Å². The van der Waals surface area contributed by atoms with Gasteiger partial charge in [-0.25, -0.2) is 0 Å². The minimum atomic E-state index is 0.831. The van der Waals surface area contributed by atoms with Crippen LogP contribution in [0.3, 0.4) is 0 Å². The molecule has 0 spiro atoms. The number of rotatable bonds is 2. The molecule has 78 valence electrons. The lowest BCUT2D eigenvalue weighted by Gasteiger charge is -2.23. The van der Waals surface area contributed by atoms with Crippen molar-refractivity contribution in [2.75, 3.05) is 0 Å². The van der Waals surface area contributed by atoms with Crippen LogP contribution in [0.5, 0.6) is 0 Å². The van der Waals surface area contributed by atoms with Crippen LogP contribution in [0.1, 0.15) is 42.7 Å². The van der Waals surface area contributed by atoms with Gasteiger partial charge in [0.1, 0.15) is 0 Å². The van der Waals surface area contributed by atoms with Crippen LogP contribution in [0.2, 0.25) is 0 Å². The molecule has 0 heterocycles. The first kappa shape index (κ1) is 9.21. The highest BCUT2D eigenvalue weighted by Gasteiger charge is 2.40. The lowest BCUT2D eigenvalue weighted by atomic mass is 9.81. The molecule has 2 aliphatic rings. The summed E-state index contributed by atoms with van der Waals surface area (Å²) in [5.41, 5.74) is 2.91. The SMILES string of the molecule is C=Cc1ccccc1C1CC2CCC1C2. The molecule has 0 nitrogen and oxygen atoms in total. The molecule has 2 fully saturated rings. The molecular weight excluding hydrogens is 180 g/mol. The van der Waals surface area contributed by atoms with Gasteiger partial charge >= 0.3 is 0 Å². The molecule has 3 rings (SSSR count). The van der Waals surface area contributed by atoms with E-state index in [1.807, 2.05) is 6.08 Å². The molecule has 0 radical (unpaired) electrons. The van der Waals surface area contributed by atoms with Gasteiger partial charge in [0, 0.05) is 0 Å². The molecule has 3 unspecified atom stereocenters. The van der Waals surface area contributed by atoms with E-state index < -0.39 is 0 Å². The minimum absolute atomic E-state index is 0.831. The van der Waals surface area contributed by atoms with Gasteiger partial charge in [-0.2, -0.15) is 0 Å². The van der Waals surface area contributed by atoms with E-state index in [0.717, 1.165) is 17.8 Å². The van der Waals surface area contributed by atoms with Crippen molar-refractivity contribution in [3.63, 3.8) is 0 Å². The van der Waals surface area contributed by atoms with Crippen LogP contribution in [-0.4, -0.2) is 0 Å². The maximum Gasteiger partial charge on any atom is -0.0125 e. The van der Waals surface area contributed by atoms with E-state index >= 15 is 0 Å². The second-order valence-corrected chi connectivity index (χ2v) is 5.11. The van der Waals surface area contributed by atoms with E-state index in [1.165, 1.54) is 31.2 Å². The summed E-state index contributed by atoms with van der Waals surface area (Å²) >= 11 is 0. The monoisotopic (exact) mass is 198 g/mol. The van der Waals surface area contributed by atoms with E-state index in [4.69, 9.17) is 0 Å². The van der Waals surface area contributed by atoms with Gasteiger partial charge in [0.15, 0.2) is 0 Å².